The first-order chi connectivity index (χ1) is 10.8. The highest BCUT2D eigenvalue weighted by Crippen LogP contribution is 2.36. The first-order valence-electron chi connectivity index (χ1n) is 6.67. The molecule has 1 aliphatic rings. The summed E-state index contributed by atoms with van der Waals surface area (Å²) in [6.45, 7) is 0. The molecule has 22 heavy (non-hydrogen) atoms. The highest BCUT2D eigenvalue weighted by molar-refractivity contribution is 8.13. The van der Waals surface area contributed by atoms with E-state index >= 15 is 0 Å². The van der Waals surface area contributed by atoms with Crippen LogP contribution in [0.1, 0.15) is 11.1 Å². The minimum Gasteiger partial charge on any atom is -0.456 e. The van der Waals surface area contributed by atoms with Gasteiger partial charge in [-0.15, -0.1) is 0 Å². The van der Waals surface area contributed by atoms with Gasteiger partial charge in [0.05, 0.1) is 5.69 Å². The number of para-hydroxylation sites is 1. The Hall–Kier alpha value is -2.71. The van der Waals surface area contributed by atoms with Crippen molar-refractivity contribution >= 4 is 34.8 Å². The van der Waals surface area contributed by atoms with Crippen LogP contribution in [0, 0.1) is 11.5 Å². The molecule has 0 saturated heterocycles. The van der Waals surface area contributed by atoms with E-state index in [1.54, 1.807) is 0 Å². The molecule has 0 aliphatic carbocycles. The van der Waals surface area contributed by atoms with Crippen molar-refractivity contribution < 1.29 is 4.74 Å². The lowest BCUT2D eigenvalue weighted by atomic mass is 10.1. The number of hydrogen-bond acceptors (Lipinski definition) is 4. The Bertz CT molecular complexity index is 806. The molecule has 2 aromatic rings. The van der Waals surface area contributed by atoms with Gasteiger partial charge < -0.3 is 4.74 Å². The number of thioether (sulfide) groups is 1. The molecule has 0 amide bonds. The van der Waals surface area contributed by atoms with Crippen molar-refractivity contribution in [3.63, 3.8) is 0 Å². The van der Waals surface area contributed by atoms with Gasteiger partial charge in [0.25, 0.3) is 0 Å². The second-order valence-electron chi connectivity index (χ2n) is 4.55. The zero-order valence-corrected chi connectivity index (χ0v) is 12.7. The topological polar surface area (TPSA) is 57.4 Å². The summed E-state index contributed by atoms with van der Waals surface area (Å²) in [6.07, 6.45) is 7.81. The van der Waals surface area contributed by atoms with E-state index in [4.69, 9.17) is 10.00 Å². The van der Waals surface area contributed by atoms with Crippen molar-refractivity contribution in [2.75, 3.05) is 6.26 Å². The molecule has 0 aromatic heterocycles. The molecule has 0 bridgehead atoms. The minimum absolute atomic E-state index is 0.548. The number of fused-ring (bicyclic) bond motifs is 2. The molecule has 0 saturated carbocycles. The van der Waals surface area contributed by atoms with E-state index in [2.05, 4.69) is 10.3 Å². The smallest absolute Gasteiger partial charge is 0.183 e. The third kappa shape index (κ3) is 2.97. The second-order valence-corrected chi connectivity index (χ2v) is 5.35. The Morgan fingerprint density at radius 1 is 1.14 bits per heavy atom. The van der Waals surface area contributed by atoms with Gasteiger partial charge in [-0.05, 0) is 24.5 Å². The quantitative estimate of drug-likeness (QED) is 0.314. The van der Waals surface area contributed by atoms with E-state index < -0.39 is 0 Å². The van der Waals surface area contributed by atoms with E-state index in [1.807, 2.05) is 67.1 Å². The lowest BCUT2D eigenvalue weighted by molar-refractivity contribution is 0.481. The van der Waals surface area contributed by atoms with Crippen LogP contribution in [0.4, 0.5) is 5.69 Å². The molecular formula is C17H13N3OS. The van der Waals surface area contributed by atoms with E-state index in [9.17, 15) is 0 Å². The zero-order valence-electron chi connectivity index (χ0n) is 11.9. The van der Waals surface area contributed by atoms with Gasteiger partial charge in [-0.3, -0.25) is 5.32 Å². The fourth-order valence-corrected chi connectivity index (χ4v) is 2.46. The third-order valence-electron chi connectivity index (χ3n) is 3.17. The molecular weight excluding hydrogens is 294 g/mol. The first kappa shape index (κ1) is 14.2. The summed E-state index contributed by atoms with van der Waals surface area (Å²) in [5, 5.41) is 11.8. The SMILES string of the molecule is CSC(=Nc1ccc2c(c1)Oc1ccccc1C=C2)NC#N. The number of nitrogens with zero attached hydrogens (tertiary/aromatic N) is 2. The normalized spacial score (nSPS) is 12.5. The lowest BCUT2D eigenvalue weighted by Crippen LogP contribution is -2.12. The van der Waals surface area contributed by atoms with Crippen LogP contribution in [-0.4, -0.2) is 11.4 Å². The van der Waals surface area contributed by atoms with Crippen LogP contribution in [0.5, 0.6) is 11.5 Å². The van der Waals surface area contributed by atoms with Crippen molar-refractivity contribution in [2.24, 2.45) is 4.99 Å². The molecule has 1 heterocycles. The van der Waals surface area contributed by atoms with E-state index in [0.717, 1.165) is 28.3 Å². The molecule has 0 fully saturated rings. The van der Waals surface area contributed by atoms with Gasteiger partial charge in [0.15, 0.2) is 11.4 Å². The van der Waals surface area contributed by atoms with Gasteiger partial charge in [-0.2, -0.15) is 5.26 Å². The molecule has 0 unspecified atom stereocenters. The van der Waals surface area contributed by atoms with Crippen LogP contribution in [0.15, 0.2) is 47.5 Å². The number of hydrogen-bond donors (Lipinski definition) is 1. The summed E-state index contributed by atoms with van der Waals surface area (Å²) in [6, 6.07) is 13.6. The fourth-order valence-electron chi connectivity index (χ4n) is 2.12. The standard InChI is InChI=1S/C17H13N3OS/c1-22-17(19-11-18)20-14-9-8-13-7-6-12-4-2-3-5-15(12)21-16(13)10-14/h2-10H,1H3,(H,19,20). The molecule has 0 spiro atoms. The predicted octanol–water partition coefficient (Wildman–Crippen LogP) is 4.38. The summed E-state index contributed by atoms with van der Waals surface area (Å²) in [5.74, 6) is 1.57. The molecule has 0 atom stereocenters. The van der Waals surface area contributed by atoms with E-state index in [-0.39, 0.29) is 0 Å². The lowest BCUT2D eigenvalue weighted by Gasteiger charge is -2.09. The van der Waals surface area contributed by atoms with Crippen LogP contribution < -0.4 is 10.1 Å². The van der Waals surface area contributed by atoms with Crippen LogP contribution in [0.3, 0.4) is 0 Å². The Morgan fingerprint density at radius 2 is 1.91 bits per heavy atom. The van der Waals surface area contributed by atoms with Gasteiger partial charge in [-0.25, -0.2) is 4.99 Å². The molecule has 108 valence electrons. The minimum atomic E-state index is 0.548. The molecule has 1 aliphatic heterocycles. The van der Waals surface area contributed by atoms with Gasteiger partial charge in [0, 0.05) is 17.2 Å². The maximum atomic E-state index is 8.70. The average Bonchev–Trinajstić information content (AvgIpc) is 2.73. The molecule has 3 rings (SSSR count). The monoisotopic (exact) mass is 307 g/mol. The van der Waals surface area contributed by atoms with Crippen LogP contribution in [0.25, 0.3) is 12.2 Å². The maximum absolute atomic E-state index is 8.70. The zero-order chi connectivity index (χ0) is 15.4. The summed E-state index contributed by atoms with van der Waals surface area (Å²) in [4.78, 5) is 4.40. The number of nitrogens with one attached hydrogen (secondary N) is 1. The number of amidine groups is 1. The third-order valence-corrected chi connectivity index (χ3v) is 3.75. The molecule has 5 heteroatoms. The molecule has 0 radical (unpaired) electrons. The predicted molar refractivity (Wildman–Crippen MR) is 91.2 cm³/mol. The van der Waals surface area contributed by atoms with Crippen LogP contribution in [-0.2, 0) is 0 Å². The second kappa shape index (κ2) is 6.37. The average molecular weight is 307 g/mol. The van der Waals surface area contributed by atoms with E-state index in [1.165, 1.54) is 11.8 Å². The summed E-state index contributed by atoms with van der Waals surface area (Å²) in [7, 11) is 0. The molecule has 1 N–H and O–H groups in total. The van der Waals surface area contributed by atoms with Crippen LogP contribution >= 0.6 is 11.8 Å². The van der Waals surface area contributed by atoms with E-state index in [0.29, 0.717) is 5.17 Å². The maximum Gasteiger partial charge on any atom is 0.183 e. The van der Waals surface area contributed by atoms with Gasteiger partial charge >= 0.3 is 0 Å². The van der Waals surface area contributed by atoms with Crippen molar-refractivity contribution in [3.05, 3.63) is 53.6 Å². The van der Waals surface area contributed by atoms with Crippen molar-refractivity contribution in [3.8, 4) is 17.7 Å². The summed E-state index contributed by atoms with van der Waals surface area (Å²) >= 11 is 1.38. The number of nitriles is 1. The Kier molecular flexibility index (Phi) is 4.12. The Morgan fingerprint density at radius 3 is 2.68 bits per heavy atom. The number of ether oxygens (including phenoxy) is 1. The van der Waals surface area contributed by atoms with Crippen molar-refractivity contribution in [1.82, 2.24) is 5.32 Å². The Labute approximate surface area is 133 Å². The number of benzene rings is 2. The van der Waals surface area contributed by atoms with Crippen molar-refractivity contribution in [2.45, 2.75) is 0 Å². The highest BCUT2D eigenvalue weighted by Gasteiger charge is 2.11. The summed E-state index contributed by atoms with van der Waals surface area (Å²) < 4.78 is 5.99. The number of rotatable bonds is 1. The fraction of sp³-hybridized carbons (Fsp3) is 0.0588. The highest BCUT2D eigenvalue weighted by atomic mass is 32.2. The largest absolute Gasteiger partial charge is 0.456 e. The first-order valence-corrected chi connectivity index (χ1v) is 7.89. The van der Waals surface area contributed by atoms with Gasteiger partial charge in [-0.1, -0.05) is 42.1 Å². The summed E-state index contributed by atoms with van der Waals surface area (Å²) in [5.41, 5.74) is 2.77. The number of aliphatic imine (C=N–C) groups is 1. The van der Waals surface area contributed by atoms with Gasteiger partial charge in [0.2, 0.25) is 0 Å². The molecule has 4 nitrogen and oxygen atoms in total. The van der Waals surface area contributed by atoms with Crippen molar-refractivity contribution in [1.29, 1.82) is 5.26 Å². The van der Waals surface area contributed by atoms with Crippen LogP contribution in [0.2, 0.25) is 0 Å². The molecule has 2 aromatic carbocycles. The Balaban J connectivity index is 1.98. The van der Waals surface area contributed by atoms with Gasteiger partial charge in [0.1, 0.15) is 11.5 Å².